The summed E-state index contributed by atoms with van der Waals surface area (Å²) < 4.78 is 0. The molecule has 27 heavy (non-hydrogen) atoms. The van der Waals surface area contributed by atoms with Crippen molar-refractivity contribution in [1.82, 2.24) is 5.32 Å². The van der Waals surface area contributed by atoms with Crippen LogP contribution in [0.1, 0.15) is 37.8 Å². The number of hydrogen-bond acceptors (Lipinski definition) is 3. The lowest BCUT2D eigenvalue weighted by atomic mass is 10.1. The van der Waals surface area contributed by atoms with Crippen LogP contribution in [-0.4, -0.2) is 17.6 Å². The van der Waals surface area contributed by atoms with Gasteiger partial charge in [-0.15, -0.1) is 11.8 Å². The maximum atomic E-state index is 12.2. The number of carbonyl (C=O) groups is 2. The summed E-state index contributed by atoms with van der Waals surface area (Å²) in [6, 6.07) is 15.2. The van der Waals surface area contributed by atoms with Crippen LogP contribution in [0.25, 0.3) is 0 Å². The Kier molecular flexibility index (Phi) is 6.80. The second kappa shape index (κ2) is 9.29. The average Bonchev–Trinajstić information content (AvgIpc) is 3.49. The molecule has 1 saturated carbocycles. The molecule has 1 atom stereocenters. The number of hydrogen-bond donors (Lipinski definition) is 2. The number of carbonyl (C=O) groups excluding carboxylic acids is 2. The predicted octanol–water partition coefficient (Wildman–Crippen LogP) is 5.05. The molecule has 1 aliphatic carbocycles. The zero-order valence-corrected chi connectivity index (χ0v) is 16.8. The molecule has 1 fully saturated rings. The van der Waals surface area contributed by atoms with Gasteiger partial charge in [0.2, 0.25) is 11.8 Å². The van der Waals surface area contributed by atoms with E-state index in [0.717, 1.165) is 29.0 Å². The summed E-state index contributed by atoms with van der Waals surface area (Å²) in [5, 5.41) is 6.64. The third-order valence-corrected chi connectivity index (χ3v) is 5.94. The van der Waals surface area contributed by atoms with E-state index in [9.17, 15) is 9.59 Å². The summed E-state index contributed by atoms with van der Waals surface area (Å²) in [5.41, 5.74) is 1.80. The maximum absolute atomic E-state index is 12.2. The van der Waals surface area contributed by atoms with Gasteiger partial charge in [-0.1, -0.05) is 35.9 Å². The number of thioether (sulfide) groups is 1. The largest absolute Gasteiger partial charge is 0.350 e. The van der Waals surface area contributed by atoms with E-state index >= 15 is 0 Å². The molecule has 3 rings (SSSR count). The number of amides is 2. The summed E-state index contributed by atoms with van der Waals surface area (Å²) in [7, 11) is 0. The molecule has 142 valence electrons. The first-order chi connectivity index (χ1) is 13.0. The molecular weight excluding hydrogens is 380 g/mol. The van der Waals surface area contributed by atoms with Crippen LogP contribution in [0.5, 0.6) is 0 Å². The minimum atomic E-state index is -0.0870. The van der Waals surface area contributed by atoms with Crippen molar-refractivity contribution in [1.29, 1.82) is 0 Å². The molecule has 0 aromatic heterocycles. The van der Waals surface area contributed by atoms with Crippen LogP contribution in [0, 0.1) is 5.92 Å². The van der Waals surface area contributed by atoms with E-state index in [4.69, 9.17) is 11.6 Å². The number of benzene rings is 2. The molecule has 0 radical (unpaired) electrons. The SMILES string of the molecule is CC(NC(=O)CCSc1ccccc1Cl)c1ccc(NC(=O)C2CC2)cc1. The molecule has 6 heteroatoms. The zero-order valence-electron chi connectivity index (χ0n) is 15.2. The highest BCUT2D eigenvalue weighted by Gasteiger charge is 2.29. The number of halogens is 1. The van der Waals surface area contributed by atoms with E-state index in [0.29, 0.717) is 17.2 Å². The van der Waals surface area contributed by atoms with E-state index < -0.39 is 0 Å². The van der Waals surface area contributed by atoms with Crippen LogP contribution in [0.2, 0.25) is 5.02 Å². The van der Waals surface area contributed by atoms with Gasteiger partial charge in [0, 0.05) is 28.7 Å². The fraction of sp³-hybridized carbons (Fsp3) is 0.333. The first kappa shape index (κ1) is 19.8. The molecule has 0 heterocycles. The van der Waals surface area contributed by atoms with Crippen LogP contribution in [0.4, 0.5) is 5.69 Å². The summed E-state index contributed by atoms with van der Waals surface area (Å²) in [5.74, 6) is 0.967. The summed E-state index contributed by atoms with van der Waals surface area (Å²) in [6.07, 6.45) is 2.40. The van der Waals surface area contributed by atoms with Gasteiger partial charge in [0.25, 0.3) is 0 Å². The van der Waals surface area contributed by atoms with Crippen molar-refractivity contribution >= 4 is 40.9 Å². The van der Waals surface area contributed by atoms with Crippen molar-refractivity contribution in [2.24, 2.45) is 5.92 Å². The third kappa shape index (κ3) is 6.01. The fourth-order valence-corrected chi connectivity index (χ4v) is 3.84. The molecule has 0 spiro atoms. The Hall–Kier alpha value is -1.98. The van der Waals surface area contributed by atoms with Crippen molar-refractivity contribution in [2.75, 3.05) is 11.1 Å². The highest BCUT2D eigenvalue weighted by atomic mass is 35.5. The van der Waals surface area contributed by atoms with E-state index in [1.807, 2.05) is 55.5 Å². The lowest BCUT2D eigenvalue weighted by Crippen LogP contribution is -2.26. The Bertz CT molecular complexity index is 806. The number of rotatable bonds is 8. The molecule has 0 bridgehead atoms. The van der Waals surface area contributed by atoms with Crippen LogP contribution in [0.3, 0.4) is 0 Å². The van der Waals surface area contributed by atoms with Gasteiger partial charge in [-0.2, -0.15) is 0 Å². The van der Waals surface area contributed by atoms with Crippen molar-refractivity contribution in [3.05, 3.63) is 59.1 Å². The zero-order chi connectivity index (χ0) is 19.2. The highest BCUT2D eigenvalue weighted by molar-refractivity contribution is 7.99. The molecule has 2 N–H and O–H groups in total. The lowest BCUT2D eigenvalue weighted by molar-refractivity contribution is -0.121. The van der Waals surface area contributed by atoms with Gasteiger partial charge < -0.3 is 10.6 Å². The van der Waals surface area contributed by atoms with Gasteiger partial charge in [-0.25, -0.2) is 0 Å². The van der Waals surface area contributed by atoms with E-state index in [1.165, 1.54) is 0 Å². The van der Waals surface area contributed by atoms with Gasteiger partial charge in [-0.05, 0) is 49.6 Å². The summed E-state index contributed by atoms with van der Waals surface area (Å²) in [6.45, 7) is 1.96. The summed E-state index contributed by atoms with van der Waals surface area (Å²) in [4.78, 5) is 25.0. The molecule has 0 aliphatic heterocycles. The van der Waals surface area contributed by atoms with Crippen LogP contribution in [0.15, 0.2) is 53.4 Å². The van der Waals surface area contributed by atoms with Crippen molar-refractivity contribution < 1.29 is 9.59 Å². The smallest absolute Gasteiger partial charge is 0.227 e. The second-order valence-corrected chi connectivity index (χ2v) is 8.25. The van der Waals surface area contributed by atoms with Gasteiger partial charge in [0.1, 0.15) is 0 Å². The Labute approximate surface area is 169 Å². The topological polar surface area (TPSA) is 58.2 Å². The molecule has 0 saturated heterocycles. The molecule has 4 nitrogen and oxygen atoms in total. The Morgan fingerprint density at radius 2 is 1.85 bits per heavy atom. The van der Waals surface area contributed by atoms with Crippen LogP contribution >= 0.6 is 23.4 Å². The van der Waals surface area contributed by atoms with Crippen molar-refractivity contribution in [3.8, 4) is 0 Å². The normalized spacial score (nSPS) is 14.4. The molecule has 2 amide bonds. The first-order valence-electron chi connectivity index (χ1n) is 9.10. The average molecular weight is 403 g/mol. The van der Waals surface area contributed by atoms with Gasteiger partial charge >= 0.3 is 0 Å². The lowest BCUT2D eigenvalue weighted by Gasteiger charge is -2.15. The molecular formula is C21H23ClN2O2S. The maximum Gasteiger partial charge on any atom is 0.227 e. The molecule has 1 unspecified atom stereocenters. The van der Waals surface area contributed by atoms with Crippen LogP contribution < -0.4 is 10.6 Å². The van der Waals surface area contributed by atoms with Crippen molar-refractivity contribution in [2.45, 2.75) is 37.1 Å². The summed E-state index contributed by atoms with van der Waals surface area (Å²) >= 11 is 7.70. The number of nitrogens with one attached hydrogen (secondary N) is 2. The van der Waals surface area contributed by atoms with Crippen molar-refractivity contribution in [3.63, 3.8) is 0 Å². The second-order valence-electron chi connectivity index (χ2n) is 6.70. The highest BCUT2D eigenvalue weighted by Crippen LogP contribution is 2.30. The van der Waals surface area contributed by atoms with Gasteiger partial charge in [-0.3, -0.25) is 9.59 Å². The van der Waals surface area contributed by atoms with E-state index in [1.54, 1.807) is 11.8 Å². The monoisotopic (exact) mass is 402 g/mol. The van der Waals surface area contributed by atoms with Gasteiger partial charge in [0.05, 0.1) is 11.1 Å². The Morgan fingerprint density at radius 1 is 1.15 bits per heavy atom. The molecule has 2 aromatic rings. The fourth-order valence-electron chi connectivity index (χ4n) is 2.66. The van der Waals surface area contributed by atoms with Crippen LogP contribution in [-0.2, 0) is 9.59 Å². The van der Waals surface area contributed by atoms with E-state index in [-0.39, 0.29) is 23.8 Å². The molecule has 1 aliphatic rings. The standard InChI is InChI=1S/C21H23ClN2O2S/c1-14(15-8-10-17(11-9-15)24-21(26)16-6-7-16)23-20(25)12-13-27-19-5-3-2-4-18(19)22/h2-5,8-11,14,16H,6-7,12-13H2,1H3,(H,23,25)(H,24,26). The third-order valence-electron chi connectivity index (χ3n) is 4.43. The minimum Gasteiger partial charge on any atom is -0.350 e. The number of anilines is 1. The molecule has 2 aromatic carbocycles. The Balaban J connectivity index is 1.43. The van der Waals surface area contributed by atoms with E-state index in [2.05, 4.69) is 10.6 Å². The first-order valence-corrected chi connectivity index (χ1v) is 10.5. The minimum absolute atomic E-state index is 0.00756. The predicted molar refractivity (Wildman–Crippen MR) is 111 cm³/mol. The van der Waals surface area contributed by atoms with Gasteiger partial charge in [0.15, 0.2) is 0 Å². The quantitative estimate of drug-likeness (QED) is 0.607. The Morgan fingerprint density at radius 3 is 2.52 bits per heavy atom.